The van der Waals surface area contributed by atoms with Crippen molar-refractivity contribution in [2.24, 2.45) is 0 Å². The molecule has 0 radical (unpaired) electrons. The van der Waals surface area contributed by atoms with Crippen molar-refractivity contribution in [2.45, 2.75) is 19.4 Å². The van der Waals surface area contributed by atoms with Gasteiger partial charge < -0.3 is 10.4 Å². The first-order valence-corrected chi connectivity index (χ1v) is 6.49. The lowest BCUT2D eigenvalue weighted by Crippen LogP contribution is -2.23. The normalized spacial score (nSPS) is 10.1. The van der Waals surface area contributed by atoms with E-state index in [1.54, 1.807) is 18.5 Å². The number of rotatable bonds is 6. The first kappa shape index (κ1) is 14.6. The van der Waals surface area contributed by atoms with Crippen LogP contribution in [0.3, 0.4) is 0 Å². The molecule has 0 spiro atoms. The van der Waals surface area contributed by atoms with Crippen molar-refractivity contribution in [2.75, 3.05) is 0 Å². The molecule has 21 heavy (non-hydrogen) atoms. The second kappa shape index (κ2) is 7.14. The van der Waals surface area contributed by atoms with Gasteiger partial charge >= 0.3 is 5.97 Å². The van der Waals surface area contributed by atoms with Gasteiger partial charge in [-0.2, -0.15) is 0 Å². The van der Waals surface area contributed by atoms with Gasteiger partial charge in [-0.3, -0.25) is 9.78 Å². The van der Waals surface area contributed by atoms with Gasteiger partial charge in [0.2, 0.25) is 5.91 Å². The van der Waals surface area contributed by atoms with Crippen molar-refractivity contribution < 1.29 is 14.7 Å². The van der Waals surface area contributed by atoms with E-state index in [2.05, 4.69) is 15.3 Å². The third-order valence-electron chi connectivity index (χ3n) is 2.90. The van der Waals surface area contributed by atoms with Gasteiger partial charge in [0.05, 0.1) is 0 Å². The van der Waals surface area contributed by atoms with Crippen molar-refractivity contribution in [1.82, 2.24) is 15.3 Å². The maximum Gasteiger partial charge on any atom is 0.354 e. The highest BCUT2D eigenvalue weighted by Crippen LogP contribution is 2.02. The number of aryl methyl sites for hydroxylation is 1. The van der Waals surface area contributed by atoms with Gasteiger partial charge in [0.1, 0.15) is 5.69 Å². The molecule has 108 valence electrons. The molecule has 2 rings (SSSR count). The van der Waals surface area contributed by atoms with Crippen molar-refractivity contribution in [3.05, 3.63) is 59.7 Å². The maximum atomic E-state index is 11.7. The Morgan fingerprint density at radius 1 is 1.14 bits per heavy atom. The topological polar surface area (TPSA) is 92.2 Å². The summed E-state index contributed by atoms with van der Waals surface area (Å²) < 4.78 is 0. The highest BCUT2D eigenvalue weighted by molar-refractivity contribution is 5.85. The summed E-state index contributed by atoms with van der Waals surface area (Å²) in [5.41, 5.74) is 1.76. The Morgan fingerprint density at radius 2 is 2.00 bits per heavy atom. The van der Waals surface area contributed by atoms with Crippen LogP contribution >= 0.6 is 0 Å². The molecule has 0 bridgehead atoms. The summed E-state index contributed by atoms with van der Waals surface area (Å²) >= 11 is 0. The Morgan fingerprint density at radius 3 is 2.62 bits per heavy atom. The zero-order valence-corrected chi connectivity index (χ0v) is 11.3. The predicted molar refractivity (Wildman–Crippen MR) is 75.6 cm³/mol. The molecule has 2 N–H and O–H groups in total. The molecule has 0 atom stereocenters. The maximum absolute atomic E-state index is 11.7. The molecule has 1 amide bonds. The minimum atomic E-state index is -1.07. The van der Waals surface area contributed by atoms with E-state index in [0.29, 0.717) is 19.4 Å². The second-order valence-corrected chi connectivity index (χ2v) is 4.49. The lowest BCUT2D eigenvalue weighted by molar-refractivity contribution is -0.121. The van der Waals surface area contributed by atoms with Gasteiger partial charge in [0.15, 0.2) is 0 Å². The number of aromatic carboxylic acids is 1. The first-order valence-electron chi connectivity index (χ1n) is 6.49. The van der Waals surface area contributed by atoms with E-state index >= 15 is 0 Å². The number of carbonyl (C=O) groups is 2. The first-order chi connectivity index (χ1) is 10.1. The van der Waals surface area contributed by atoms with Gasteiger partial charge in [-0.05, 0) is 29.7 Å². The van der Waals surface area contributed by atoms with Gasteiger partial charge in [-0.25, -0.2) is 9.78 Å². The molecule has 0 aliphatic rings. The molecule has 0 saturated carbocycles. The van der Waals surface area contributed by atoms with Crippen molar-refractivity contribution in [1.29, 1.82) is 0 Å². The van der Waals surface area contributed by atoms with Crippen LogP contribution in [0.15, 0.2) is 42.9 Å². The van der Waals surface area contributed by atoms with Gasteiger partial charge in [-0.1, -0.05) is 12.1 Å². The van der Waals surface area contributed by atoms with Crippen LogP contribution in [-0.4, -0.2) is 27.0 Å². The Bertz CT molecular complexity index is 612. The number of carbonyl (C=O) groups excluding carboxylic acids is 1. The largest absolute Gasteiger partial charge is 0.477 e. The summed E-state index contributed by atoms with van der Waals surface area (Å²) in [6.07, 6.45) is 5.90. The number of nitrogens with one attached hydrogen (secondary N) is 1. The zero-order chi connectivity index (χ0) is 15.1. The number of nitrogens with zero attached hydrogens (tertiary/aromatic N) is 2. The fourth-order valence-electron chi connectivity index (χ4n) is 1.75. The number of hydrogen-bond donors (Lipinski definition) is 2. The predicted octanol–water partition coefficient (Wildman–Crippen LogP) is 1.42. The summed E-state index contributed by atoms with van der Waals surface area (Å²) in [5.74, 6) is -1.14. The number of aromatic nitrogens is 2. The standard InChI is InChI=1S/C15H15N3O3/c19-14(6-4-11-2-1-7-16-8-11)18-10-12-3-5-13(15(20)21)17-9-12/h1-3,5,7-9H,4,6,10H2,(H,18,19)(H,20,21). The molecule has 0 fully saturated rings. The molecule has 2 heterocycles. The van der Waals surface area contributed by atoms with Crippen LogP contribution in [0, 0.1) is 0 Å². The molecule has 0 aliphatic heterocycles. The Hall–Kier alpha value is -2.76. The average molecular weight is 285 g/mol. The van der Waals surface area contributed by atoms with Gasteiger partial charge in [-0.15, -0.1) is 0 Å². The number of carboxylic acid groups (broad SMARTS) is 1. The Labute approximate surface area is 121 Å². The molecule has 6 heteroatoms. The number of hydrogen-bond acceptors (Lipinski definition) is 4. The molecule has 0 saturated heterocycles. The fourth-order valence-corrected chi connectivity index (χ4v) is 1.75. The minimum Gasteiger partial charge on any atom is -0.477 e. The minimum absolute atomic E-state index is 0.0124. The zero-order valence-electron chi connectivity index (χ0n) is 11.3. The smallest absolute Gasteiger partial charge is 0.354 e. The van der Waals surface area contributed by atoms with Crippen LogP contribution in [0.5, 0.6) is 0 Å². The molecule has 0 aromatic carbocycles. The number of pyridine rings is 2. The van der Waals surface area contributed by atoms with Crippen molar-refractivity contribution >= 4 is 11.9 Å². The van der Waals surface area contributed by atoms with Crippen LogP contribution in [0.1, 0.15) is 28.0 Å². The molecular formula is C15H15N3O3. The van der Waals surface area contributed by atoms with E-state index in [9.17, 15) is 9.59 Å². The lowest BCUT2D eigenvalue weighted by atomic mass is 10.1. The highest BCUT2D eigenvalue weighted by Gasteiger charge is 2.05. The van der Waals surface area contributed by atoms with E-state index in [-0.39, 0.29) is 11.6 Å². The fraction of sp³-hybridized carbons (Fsp3) is 0.200. The van der Waals surface area contributed by atoms with Crippen molar-refractivity contribution in [3.63, 3.8) is 0 Å². The summed E-state index contributed by atoms with van der Waals surface area (Å²) in [6, 6.07) is 6.81. The second-order valence-electron chi connectivity index (χ2n) is 4.49. The monoisotopic (exact) mass is 285 g/mol. The van der Waals surface area contributed by atoms with E-state index < -0.39 is 5.97 Å². The SMILES string of the molecule is O=C(CCc1cccnc1)NCc1ccc(C(=O)O)nc1. The van der Waals surface area contributed by atoms with Crippen LogP contribution in [0.4, 0.5) is 0 Å². The van der Waals surface area contributed by atoms with E-state index in [0.717, 1.165) is 11.1 Å². The third-order valence-corrected chi connectivity index (χ3v) is 2.90. The summed E-state index contributed by atoms with van der Waals surface area (Å²) in [5, 5.41) is 11.5. The van der Waals surface area contributed by atoms with Crippen LogP contribution in [0.2, 0.25) is 0 Å². The molecule has 2 aromatic rings. The average Bonchev–Trinajstić information content (AvgIpc) is 2.52. The van der Waals surface area contributed by atoms with E-state index in [1.807, 2.05) is 12.1 Å². The van der Waals surface area contributed by atoms with Gasteiger partial charge in [0, 0.05) is 31.6 Å². The van der Waals surface area contributed by atoms with Crippen molar-refractivity contribution in [3.8, 4) is 0 Å². The highest BCUT2D eigenvalue weighted by atomic mass is 16.4. The van der Waals surface area contributed by atoms with Crippen LogP contribution < -0.4 is 5.32 Å². The third kappa shape index (κ3) is 4.68. The Balaban J connectivity index is 1.77. The molecule has 0 unspecified atom stereocenters. The molecule has 0 aliphatic carbocycles. The van der Waals surface area contributed by atoms with Gasteiger partial charge in [0.25, 0.3) is 0 Å². The molecular weight excluding hydrogens is 270 g/mol. The number of carboxylic acids is 1. The van der Waals surface area contributed by atoms with Crippen LogP contribution in [0.25, 0.3) is 0 Å². The molecule has 6 nitrogen and oxygen atoms in total. The summed E-state index contributed by atoms with van der Waals surface area (Å²) in [6.45, 7) is 0.332. The number of amides is 1. The lowest BCUT2D eigenvalue weighted by Gasteiger charge is -2.05. The Kier molecular flexibility index (Phi) is 4.98. The van der Waals surface area contributed by atoms with Crippen LogP contribution in [-0.2, 0) is 17.8 Å². The summed E-state index contributed by atoms with van der Waals surface area (Å²) in [7, 11) is 0. The van der Waals surface area contributed by atoms with E-state index in [4.69, 9.17) is 5.11 Å². The quantitative estimate of drug-likeness (QED) is 0.837. The van der Waals surface area contributed by atoms with E-state index in [1.165, 1.54) is 12.3 Å². The summed E-state index contributed by atoms with van der Waals surface area (Å²) in [4.78, 5) is 30.2. The molecule has 2 aromatic heterocycles.